The summed E-state index contributed by atoms with van der Waals surface area (Å²) in [6, 6.07) is 9.16. The number of Topliss-reactive ketones (excluding diaryl/α,β-unsaturated/α-hetero) is 1. The van der Waals surface area contributed by atoms with E-state index in [1.165, 1.54) is 0 Å². The van der Waals surface area contributed by atoms with Crippen LogP contribution in [0.2, 0.25) is 0 Å². The molecule has 1 fully saturated rings. The van der Waals surface area contributed by atoms with Crippen LogP contribution in [0.25, 0.3) is 0 Å². The molecule has 3 heterocycles. The van der Waals surface area contributed by atoms with Crippen LogP contribution in [0.4, 0.5) is 5.69 Å². The number of aromatic nitrogens is 1. The summed E-state index contributed by atoms with van der Waals surface area (Å²) in [6.45, 7) is 2.44. The topological polar surface area (TPSA) is 94.9 Å². The van der Waals surface area contributed by atoms with E-state index in [-0.39, 0.29) is 5.78 Å². The molecule has 0 aliphatic carbocycles. The second-order valence-corrected chi connectivity index (χ2v) is 7.84. The van der Waals surface area contributed by atoms with Crippen LogP contribution < -0.4 is 10.1 Å². The molecule has 154 valence electrons. The van der Waals surface area contributed by atoms with Gasteiger partial charge >= 0.3 is 0 Å². The van der Waals surface area contributed by atoms with Crippen LogP contribution in [0.1, 0.15) is 47.0 Å². The van der Waals surface area contributed by atoms with Gasteiger partial charge in [-0.2, -0.15) is 0 Å². The number of rotatable bonds is 5. The van der Waals surface area contributed by atoms with Gasteiger partial charge in [-0.05, 0) is 42.7 Å². The number of aliphatic hydroxyl groups is 2. The largest absolute Gasteiger partial charge is 0.495 e. The highest BCUT2D eigenvalue weighted by atomic mass is 16.5. The number of hydrogen-bond donors (Lipinski definition) is 3. The van der Waals surface area contributed by atoms with Gasteiger partial charge < -0.3 is 25.2 Å². The predicted molar refractivity (Wildman–Crippen MR) is 109 cm³/mol. The lowest BCUT2D eigenvalue weighted by atomic mass is 9.87. The monoisotopic (exact) mass is 397 g/mol. The molecule has 1 unspecified atom stereocenters. The number of carbonyl (C=O) groups excluding carboxylic acids is 1. The zero-order valence-electron chi connectivity index (χ0n) is 16.6. The number of β-amino-alcohol motifs (C(OH)–C–C–N with tert-alkyl or cyclic N) is 1. The van der Waals surface area contributed by atoms with Crippen LogP contribution in [0.15, 0.2) is 36.5 Å². The summed E-state index contributed by atoms with van der Waals surface area (Å²) in [5, 5.41) is 24.9. The molecule has 29 heavy (non-hydrogen) atoms. The SMILES string of the molecule is COc1ccc(C2(O)CCN(CC(O)c3ccc4c(c3)C(=O)CCN4)CC2)nc1. The molecule has 1 aromatic carbocycles. The smallest absolute Gasteiger partial charge is 0.166 e. The van der Waals surface area contributed by atoms with Crippen molar-refractivity contribution in [3.8, 4) is 5.75 Å². The zero-order chi connectivity index (χ0) is 20.4. The minimum Gasteiger partial charge on any atom is -0.495 e. The van der Waals surface area contributed by atoms with Gasteiger partial charge in [-0.3, -0.25) is 9.78 Å². The third kappa shape index (κ3) is 4.12. The van der Waals surface area contributed by atoms with Gasteiger partial charge in [0.05, 0.1) is 25.1 Å². The maximum absolute atomic E-state index is 12.1. The molecule has 2 aromatic rings. The Morgan fingerprint density at radius 1 is 1.28 bits per heavy atom. The van der Waals surface area contributed by atoms with Gasteiger partial charge in [0.2, 0.25) is 0 Å². The van der Waals surface area contributed by atoms with Crippen molar-refractivity contribution in [2.45, 2.75) is 31.0 Å². The van der Waals surface area contributed by atoms with E-state index in [0.717, 1.165) is 11.3 Å². The first kappa shape index (κ1) is 19.8. The number of ketones is 1. The molecular formula is C22H27N3O4. The molecule has 7 heteroatoms. The average molecular weight is 397 g/mol. The molecule has 0 radical (unpaired) electrons. The fraction of sp³-hybridized carbons (Fsp3) is 0.455. The van der Waals surface area contributed by atoms with E-state index in [0.29, 0.717) is 62.4 Å². The number of anilines is 1. The van der Waals surface area contributed by atoms with Crippen LogP contribution in [0, 0.1) is 0 Å². The first-order valence-corrected chi connectivity index (χ1v) is 10.0. The summed E-state index contributed by atoms with van der Waals surface area (Å²) in [4.78, 5) is 18.6. The van der Waals surface area contributed by atoms with Crippen LogP contribution in [0.5, 0.6) is 5.75 Å². The van der Waals surface area contributed by atoms with Crippen molar-refractivity contribution < 1.29 is 19.7 Å². The second-order valence-electron chi connectivity index (χ2n) is 7.84. The summed E-state index contributed by atoms with van der Waals surface area (Å²) >= 11 is 0. The molecule has 0 spiro atoms. The van der Waals surface area contributed by atoms with Crippen LogP contribution in [0.3, 0.4) is 0 Å². The number of benzene rings is 1. The van der Waals surface area contributed by atoms with Gasteiger partial charge in [-0.1, -0.05) is 6.07 Å². The molecule has 4 rings (SSSR count). The third-order valence-corrected chi connectivity index (χ3v) is 5.96. The van der Waals surface area contributed by atoms with E-state index in [4.69, 9.17) is 4.74 Å². The molecule has 1 saturated heterocycles. The zero-order valence-corrected chi connectivity index (χ0v) is 16.6. The lowest BCUT2D eigenvalue weighted by molar-refractivity contribution is -0.0375. The molecule has 3 N–H and O–H groups in total. The first-order chi connectivity index (χ1) is 14.0. The summed E-state index contributed by atoms with van der Waals surface area (Å²) in [5.41, 5.74) is 1.94. The quantitative estimate of drug-likeness (QED) is 0.711. The van der Waals surface area contributed by atoms with Crippen LogP contribution >= 0.6 is 0 Å². The second kappa shape index (κ2) is 8.10. The number of fused-ring (bicyclic) bond motifs is 1. The number of piperidine rings is 1. The number of carbonyl (C=O) groups is 1. The number of nitrogens with zero attached hydrogens (tertiary/aromatic N) is 2. The first-order valence-electron chi connectivity index (χ1n) is 10.0. The molecule has 1 atom stereocenters. The minimum absolute atomic E-state index is 0.114. The maximum Gasteiger partial charge on any atom is 0.166 e. The third-order valence-electron chi connectivity index (χ3n) is 5.96. The van der Waals surface area contributed by atoms with Gasteiger partial charge in [0.1, 0.15) is 11.4 Å². The highest BCUT2D eigenvalue weighted by Crippen LogP contribution is 2.33. The van der Waals surface area contributed by atoms with Gasteiger partial charge in [0.15, 0.2) is 5.78 Å². The standard InChI is InChI=1S/C22H27N3O4/c1-29-16-3-5-21(24-13-16)22(28)7-10-25(11-8-22)14-20(27)15-2-4-18-17(12-15)19(26)6-9-23-18/h2-5,12-13,20,23,27-28H,6-11,14H2,1H3. The van der Waals surface area contributed by atoms with Crippen molar-refractivity contribution in [3.63, 3.8) is 0 Å². The van der Waals surface area contributed by atoms with E-state index in [1.54, 1.807) is 19.4 Å². The molecule has 0 amide bonds. The van der Waals surface area contributed by atoms with Crippen LogP contribution in [-0.2, 0) is 5.60 Å². The molecule has 2 aliphatic heterocycles. The van der Waals surface area contributed by atoms with Crippen molar-refractivity contribution in [2.24, 2.45) is 0 Å². The number of likely N-dealkylation sites (tertiary alicyclic amines) is 1. The van der Waals surface area contributed by atoms with Crippen molar-refractivity contribution in [2.75, 3.05) is 38.6 Å². The van der Waals surface area contributed by atoms with Crippen molar-refractivity contribution in [3.05, 3.63) is 53.3 Å². The Labute approximate surface area is 170 Å². The van der Waals surface area contributed by atoms with E-state index in [2.05, 4.69) is 15.2 Å². The normalized spacial score (nSPS) is 19.9. The lowest BCUT2D eigenvalue weighted by Gasteiger charge is -2.38. The number of ether oxygens (including phenoxy) is 1. The molecule has 0 saturated carbocycles. The Hall–Kier alpha value is -2.48. The van der Waals surface area contributed by atoms with E-state index in [1.807, 2.05) is 24.3 Å². The molecule has 0 bridgehead atoms. The van der Waals surface area contributed by atoms with Crippen molar-refractivity contribution in [1.29, 1.82) is 0 Å². The number of hydrogen-bond acceptors (Lipinski definition) is 7. The van der Waals surface area contributed by atoms with Crippen molar-refractivity contribution in [1.82, 2.24) is 9.88 Å². The molecule has 7 nitrogen and oxygen atoms in total. The maximum atomic E-state index is 12.1. The average Bonchev–Trinajstić information content (AvgIpc) is 2.75. The minimum atomic E-state index is -0.961. The summed E-state index contributed by atoms with van der Waals surface area (Å²) in [5.74, 6) is 0.777. The molecule has 2 aliphatic rings. The summed E-state index contributed by atoms with van der Waals surface area (Å²) < 4.78 is 5.13. The van der Waals surface area contributed by atoms with E-state index < -0.39 is 11.7 Å². The predicted octanol–water partition coefficient (Wildman–Crippen LogP) is 2.11. The number of aliphatic hydroxyl groups excluding tert-OH is 1. The van der Waals surface area contributed by atoms with E-state index >= 15 is 0 Å². The van der Waals surface area contributed by atoms with Crippen LogP contribution in [-0.4, -0.2) is 59.2 Å². The highest BCUT2D eigenvalue weighted by molar-refractivity contribution is 6.03. The highest BCUT2D eigenvalue weighted by Gasteiger charge is 2.35. The fourth-order valence-corrected chi connectivity index (χ4v) is 4.09. The molecule has 1 aromatic heterocycles. The van der Waals surface area contributed by atoms with Gasteiger partial charge in [0, 0.05) is 43.9 Å². The number of nitrogens with one attached hydrogen (secondary N) is 1. The Bertz CT molecular complexity index is 876. The van der Waals surface area contributed by atoms with Gasteiger partial charge in [0.25, 0.3) is 0 Å². The Morgan fingerprint density at radius 3 is 2.76 bits per heavy atom. The lowest BCUT2D eigenvalue weighted by Crippen LogP contribution is -2.44. The Kier molecular flexibility index (Phi) is 5.54. The Morgan fingerprint density at radius 2 is 2.07 bits per heavy atom. The number of pyridine rings is 1. The number of methoxy groups -OCH3 is 1. The van der Waals surface area contributed by atoms with E-state index in [9.17, 15) is 15.0 Å². The van der Waals surface area contributed by atoms with Gasteiger partial charge in [-0.15, -0.1) is 0 Å². The summed E-state index contributed by atoms with van der Waals surface area (Å²) in [6.07, 6.45) is 2.52. The fourth-order valence-electron chi connectivity index (χ4n) is 4.09. The van der Waals surface area contributed by atoms with Crippen molar-refractivity contribution >= 4 is 11.5 Å². The molecular weight excluding hydrogens is 370 g/mol. The summed E-state index contributed by atoms with van der Waals surface area (Å²) in [7, 11) is 1.59. The Balaban J connectivity index is 1.38. The van der Waals surface area contributed by atoms with Gasteiger partial charge in [-0.25, -0.2) is 0 Å².